The minimum absolute atomic E-state index is 0.0976. The highest BCUT2D eigenvalue weighted by atomic mass is 35.5. The number of hydrogen-bond acceptors (Lipinski definition) is 7. The predicted octanol–water partition coefficient (Wildman–Crippen LogP) is 1.01. The number of halogens is 4. The highest BCUT2D eigenvalue weighted by molar-refractivity contribution is 8.00. The van der Waals surface area contributed by atoms with Crippen molar-refractivity contribution in [3.8, 4) is 0 Å². The van der Waals surface area contributed by atoms with Crippen LogP contribution in [0.5, 0.6) is 0 Å². The molecule has 0 bridgehead atoms. The average Bonchev–Trinajstić information content (AvgIpc) is 2.97. The summed E-state index contributed by atoms with van der Waals surface area (Å²) >= 11 is 6.78. The number of esters is 1. The van der Waals surface area contributed by atoms with Gasteiger partial charge in [0.2, 0.25) is 0 Å². The van der Waals surface area contributed by atoms with Crippen LogP contribution >= 0.6 is 23.4 Å². The summed E-state index contributed by atoms with van der Waals surface area (Å²) in [5, 5.41) is 13.3. The standard InChI is InChI=1S/C16H14ClF3N4O6S/c1-5(25)30-3-6-4-31-14-8(13(27)24(14)9(6)15(28)29)21-12(26)10-7(17)11(16(18,19)20)22-23(10)2/h8,14H,3-4H2,1-2H3,(H,21,26)(H,28,29)/t8-,14-/m1/s1. The average molecular weight is 483 g/mol. The Kier molecular flexibility index (Phi) is 5.97. The molecular weight excluding hydrogens is 469 g/mol. The molecule has 0 radical (unpaired) electrons. The zero-order valence-corrected chi connectivity index (χ0v) is 17.4. The number of carbonyl (C=O) groups excluding carboxylic acids is 3. The van der Waals surface area contributed by atoms with Gasteiger partial charge in [0.1, 0.15) is 34.4 Å². The van der Waals surface area contributed by atoms with Crippen molar-refractivity contribution < 1.29 is 42.2 Å². The molecule has 168 valence electrons. The second-order valence-corrected chi connectivity index (χ2v) is 8.01. The number of hydrogen-bond donors (Lipinski definition) is 2. The largest absolute Gasteiger partial charge is 0.477 e. The van der Waals surface area contributed by atoms with E-state index in [1.165, 1.54) is 0 Å². The Bertz CT molecular complexity index is 1020. The summed E-state index contributed by atoms with van der Waals surface area (Å²) in [6.45, 7) is 0.830. The predicted molar refractivity (Wildman–Crippen MR) is 98.9 cm³/mol. The van der Waals surface area contributed by atoms with E-state index in [1.54, 1.807) is 0 Å². The van der Waals surface area contributed by atoms with Crippen LogP contribution in [0.1, 0.15) is 23.1 Å². The van der Waals surface area contributed by atoms with Crippen molar-refractivity contribution in [3.05, 3.63) is 27.7 Å². The van der Waals surface area contributed by atoms with Crippen molar-refractivity contribution in [1.82, 2.24) is 20.0 Å². The number of carboxylic acids is 1. The second kappa shape index (κ2) is 8.07. The first kappa shape index (κ1) is 22.9. The Balaban J connectivity index is 1.81. The third-order valence-electron chi connectivity index (χ3n) is 4.46. The van der Waals surface area contributed by atoms with Crippen molar-refractivity contribution in [2.45, 2.75) is 24.5 Å². The molecule has 1 aromatic heterocycles. The number of rotatable bonds is 5. The SMILES string of the molecule is CC(=O)OCC1=C(C(=O)O)N2C(=O)[C@@H](NC(=O)c3c(Cl)c(C(F)(F)F)nn3C)[C@H]2SC1. The molecular formula is C16H14ClF3N4O6S. The van der Waals surface area contributed by atoms with Crippen molar-refractivity contribution in [2.75, 3.05) is 12.4 Å². The number of alkyl halides is 3. The van der Waals surface area contributed by atoms with Gasteiger partial charge in [0.25, 0.3) is 11.8 Å². The highest BCUT2D eigenvalue weighted by Crippen LogP contribution is 2.41. The van der Waals surface area contributed by atoms with Gasteiger partial charge < -0.3 is 15.2 Å². The van der Waals surface area contributed by atoms with E-state index < -0.39 is 57.8 Å². The van der Waals surface area contributed by atoms with Crippen molar-refractivity contribution in [2.24, 2.45) is 7.05 Å². The molecule has 1 saturated heterocycles. The molecule has 2 atom stereocenters. The number of aryl methyl sites for hydroxylation is 1. The second-order valence-electron chi connectivity index (χ2n) is 6.53. The van der Waals surface area contributed by atoms with Gasteiger partial charge in [-0.15, -0.1) is 11.8 Å². The molecule has 2 amide bonds. The quantitative estimate of drug-likeness (QED) is 0.469. The van der Waals surface area contributed by atoms with Gasteiger partial charge >= 0.3 is 18.1 Å². The van der Waals surface area contributed by atoms with E-state index in [0.717, 1.165) is 30.6 Å². The number of thioether (sulfide) groups is 1. The lowest BCUT2D eigenvalue weighted by Gasteiger charge is -2.49. The number of amides is 2. The number of nitrogens with one attached hydrogen (secondary N) is 1. The summed E-state index contributed by atoms with van der Waals surface area (Å²) < 4.78 is 44.3. The topological polar surface area (TPSA) is 131 Å². The Morgan fingerprint density at radius 2 is 2.03 bits per heavy atom. The number of fused-ring (bicyclic) bond motifs is 1. The van der Waals surface area contributed by atoms with Crippen LogP contribution < -0.4 is 5.32 Å². The molecule has 31 heavy (non-hydrogen) atoms. The molecule has 0 unspecified atom stereocenters. The molecule has 3 heterocycles. The number of carbonyl (C=O) groups is 4. The minimum Gasteiger partial charge on any atom is -0.477 e. The van der Waals surface area contributed by atoms with Gasteiger partial charge in [0.15, 0.2) is 5.69 Å². The van der Waals surface area contributed by atoms with E-state index in [0.29, 0.717) is 4.68 Å². The van der Waals surface area contributed by atoms with Crippen LogP contribution in [0.4, 0.5) is 13.2 Å². The van der Waals surface area contributed by atoms with E-state index in [1.807, 2.05) is 0 Å². The minimum atomic E-state index is -4.88. The lowest BCUT2D eigenvalue weighted by molar-refractivity contribution is -0.149. The van der Waals surface area contributed by atoms with Crippen molar-refractivity contribution in [3.63, 3.8) is 0 Å². The maximum Gasteiger partial charge on any atom is 0.436 e. The smallest absolute Gasteiger partial charge is 0.436 e. The molecule has 3 rings (SSSR count). The maximum atomic E-state index is 12.9. The third-order valence-corrected chi connectivity index (χ3v) is 6.16. The van der Waals surface area contributed by atoms with Crippen molar-refractivity contribution >= 4 is 47.1 Å². The van der Waals surface area contributed by atoms with Crippen LogP contribution in [-0.4, -0.2) is 67.3 Å². The Hall–Kier alpha value is -2.74. The molecule has 2 aliphatic rings. The van der Waals surface area contributed by atoms with Crippen LogP contribution in [-0.2, 0) is 32.3 Å². The zero-order chi connectivity index (χ0) is 23.2. The lowest BCUT2D eigenvalue weighted by atomic mass is 10.0. The molecule has 15 heteroatoms. The fourth-order valence-corrected chi connectivity index (χ4v) is 4.80. The van der Waals surface area contributed by atoms with Gasteiger partial charge in [-0.2, -0.15) is 18.3 Å². The summed E-state index contributed by atoms with van der Waals surface area (Å²) in [7, 11) is 1.09. The molecule has 1 fully saturated rings. The van der Waals surface area contributed by atoms with Gasteiger partial charge in [0.05, 0.1) is 0 Å². The van der Waals surface area contributed by atoms with Gasteiger partial charge in [-0.1, -0.05) is 11.6 Å². The van der Waals surface area contributed by atoms with Crippen LogP contribution in [0.15, 0.2) is 11.3 Å². The summed E-state index contributed by atoms with van der Waals surface area (Å²) in [4.78, 5) is 48.7. The van der Waals surface area contributed by atoms with Gasteiger partial charge in [-0.05, 0) is 0 Å². The number of β-lactam (4-membered cyclic amide) rings is 1. The zero-order valence-electron chi connectivity index (χ0n) is 15.8. The van der Waals surface area contributed by atoms with Crippen LogP contribution in [0.3, 0.4) is 0 Å². The number of aromatic nitrogens is 2. The summed E-state index contributed by atoms with van der Waals surface area (Å²) in [6.07, 6.45) is -4.88. The molecule has 2 N–H and O–H groups in total. The van der Waals surface area contributed by atoms with Crippen molar-refractivity contribution in [1.29, 1.82) is 0 Å². The van der Waals surface area contributed by atoms with Crippen LogP contribution in [0.25, 0.3) is 0 Å². The number of carboxylic acid groups (broad SMARTS) is 1. The van der Waals surface area contributed by atoms with Gasteiger partial charge in [-0.25, -0.2) is 4.79 Å². The monoisotopic (exact) mass is 482 g/mol. The summed E-state index contributed by atoms with van der Waals surface area (Å²) in [5.74, 6) is -3.80. The lowest BCUT2D eigenvalue weighted by Crippen LogP contribution is -2.70. The normalized spacial score (nSPS) is 20.8. The highest BCUT2D eigenvalue weighted by Gasteiger charge is 2.54. The van der Waals surface area contributed by atoms with E-state index in [9.17, 15) is 37.5 Å². The van der Waals surface area contributed by atoms with E-state index in [2.05, 4.69) is 10.4 Å². The fourth-order valence-electron chi connectivity index (χ4n) is 3.12. The third kappa shape index (κ3) is 4.08. The Morgan fingerprint density at radius 3 is 2.55 bits per heavy atom. The maximum absolute atomic E-state index is 12.9. The van der Waals surface area contributed by atoms with E-state index in [-0.39, 0.29) is 23.6 Å². The Labute approximate surface area is 181 Å². The molecule has 1 aromatic rings. The van der Waals surface area contributed by atoms with E-state index in [4.69, 9.17) is 16.3 Å². The molecule has 2 aliphatic heterocycles. The first-order chi connectivity index (χ1) is 14.3. The fraction of sp³-hybridized carbons (Fsp3) is 0.438. The molecule has 0 aliphatic carbocycles. The van der Waals surface area contributed by atoms with E-state index >= 15 is 0 Å². The first-order valence-electron chi connectivity index (χ1n) is 8.48. The molecule has 10 nitrogen and oxygen atoms in total. The van der Waals surface area contributed by atoms with Crippen LogP contribution in [0, 0.1) is 0 Å². The number of ether oxygens (including phenoxy) is 1. The molecule has 0 saturated carbocycles. The Morgan fingerprint density at radius 1 is 1.39 bits per heavy atom. The summed E-state index contributed by atoms with van der Waals surface area (Å²) in [6, 6.07) is -1.19. The van der Waals surface area contributed by atoms with Crippen LogP contribution in [0.2, 0.25) is 5.02 Å². The van der Waals surface area contributed by atoms with Gasteiger partial charge in [-0.3, -0.25) is 24.0 Å². The summed E-state index contributed by atoms with van der Waals surface area (Å²) in [5.41, 5.74) is -2.20. The van der Waals surface area contributed by atoms with Gasteiger partial charge in [0, 0.05) is 25.3 Å². The first-order valence-corrected chi connectivity index (χ1v) is 9.91. The molecule has 0 aromatic carbocycles. The number of nitrogens with zero attached hydrogens (tertiary/aromatic N) is 3. The molecule has 0 spiro atoms. The number of aliphatic carboxylic acids is 1.